The third-order valence-electron chi connectivity index (χ3n) is 2.75. The number of benzene rings is 1. The molecule has 20 heavy (non-hydrogen) atoms. The van der Waals surface area contributed by atoms with Crippen LogP contribution < -0.4 is 5.56 Å². The number of halogens is 2. The molecule has 3 nitrogen and oxygen atoms in total. The van der Waals surface area contributed by atoms with E-state index in [2.05, 4.69) is 11.2 Å². The van der Waals surface area contributed by atoms with Gasteiger partial charge < -0.3 is 0 Å². The average Bonchev–Trinajstić information content (AvgIpc) is 2.37. The summed E-state index contributed by atoms with van der Waals surface area (Å²) >= 11 is 13.6. The van der Waals surface area contributed by atoms with E-state index in [4.69, 9.17) is 23.2 Å². The van der Waals surface area contributed by atoms with Crippen molar-refractivity contribution in [2.24, 2.45) is 7.05 Å². The molecule has 0 N–H and O–H groups in total. The molecule has 0 unspecified atom stereocenters. The minimum Gasteiger partial charge on any atom is -0.268 e. The van der Waals surface area contributed by atoms with Crippen LogP contribution in [0.1, 0.15) is 25.3 Å². The number of hydrogen-bond acceptors (Lipinski definition) is 3. The zero-order valence-corrected chi connectivity index (χ0v) is 13.6. The molecule has 2 aromatic rings. The van der Waals surface area contributed by atoms with E-state index in [-0.39, 0.29) is 11.5 Å². The minimum atomic E-state index is -0.0806. The molecule has 0 saturated heterocycles. The lowest BCUT2D eigenvalue weighted by Crippen LogP contribution is -2.24. The van der Waals surface area contributed by atoms with Crippen molar-refractivity contribution in [1.82, 2.24) is 9.78 Å². The Morgan fingerprint density at radius 2 is 1.90 bits per heavy atom. The van der Waals surface area contributed by atoms with Crippen LogP contribution in [0.5, 0.6) is 0 Å². The van der Waals surface area contributed by atoms with Gasteiger partial charge in [-0.1, -0.05) is 48.8 Å². The Morgan fingerprint density at radius 1 is 1.30 bits per heavy atom. The summed E-state index contributed by atoms with van der Waals surface area (Å²) in [7, 11) is 1.64. The van der Waals surface area contributed by atoms with E-state index in [1.54, 1.807) is 25.2 Å². The van der Waals surface area contributed by atoms with Gasteiger partial charge in [0.15, 0.2) is 0 Å². The van der Waals surface area contributed by atoms with Gasteiger partial charge in [0.1, 0.15) is 5.03 Å². The average molecular weight is 328 g/mol. The Hall–Kier alpha value is -0.970. The molecule has 0 aliphatic rings. The van der Waals surface area contributed by atoms with Crippen molar-refractivity contribution in [3.05, 3.63) is 50.2 Å². The van der Waals surface area contributed by atoms with Crippen LogP contribution in [0.4, 0.5) is 0 Å². The first-order valence-corrected chi connectivity index (χ1v) is 7.58. The molecular weight excluding hydrogens is 315 g/mol. The highest BCUT2D eigenvalue weighted by Crippen LogP contribution is 2.37. The summed E-state index contributed by atoms with van der Waals surface area (Å²) in [4.78, 5) is 12.7. The molecule has 1 aromatic heterocycles. The lowest BCUT2D eigenvalue weighted by molar-refractivity contribution is 0.642. The second-order valence-corrected chi connectivity index (χ2v) is 6.45. The number of aryl methyl sites for hydroxylation is 1. The molecule has 0 fully saturated rings. The predicted octanol–water partition coefficient (Wildman–Crippen LogP) is 4.16. The molecule has 2 rings (SSSR count). The number of hydrogen-bond donors (Lipinski definition) is 0. The first kappa shape index (κ1) is 15.4. The van der Waals surface area contributed by atoms with Crippen molar-refractivity contribution in [2.75, 3.05) is 0 Å². The SMILES string of the molecule is CC(C)c1cc(Sc2c(Cl)c[c]cc2Cl)nn(C)c1=O. The van der Waals surface area contributed by atoms with Gasteiger partial charge in [-0.25, -0.2) is 4.68 Å². The lowest BCUT2D eigenvalue weighted by atomic mass is 10.1. The molecule has 0 atom stereocenters. The van der Waals surface area contributed by atoms with Crippen LogP contribution in [0.15, 0.2) is 32.9 Å². The monoisotopic (exact) mass is 327 g/mol. The second kappa shape index (κ2) is 6.20. The van der Waals surface area contributed by atoms with Crippen LogP contribution in [-0.2, 0) is 7.05 Å². The van der Waals surface area contributed by atoms with Gasteiger partial charge in [0.2, 0.25) is 0 Å². The fourth-order valence-electron chi connectivity index (χ4n) is 1.70. The molecule has 0 bridgehead atoms. The van der Waals surface area contributed by atoms with Crippen LogP contribution in [0.3, 0.4) is 0 Å². The first-order chi connectivity index (χ1) is 9.40. The van der Waals surface area contributed by atoms with Crippen molar-refractivity contribution in [1.29, 1.82) is 0 Å². The maximum Gasteiger partial charge on any atom is 0.270 e. The maximum absolute atomic E-state index is 12.0. The molecule has 1 aromatic carbocycles. The van der Waals surface area contributed by atoms with E-state index in [0.29, 0.717) is 20.0 Å². The third-order valence-corrected chi connectivity index (χ3v) is 4.62. The summed E-state index contributed by atoms with van der Waals surface area (Å²) in [5.74, 6) is 0.131. The number of rotatable bonds is 3. The Labute approximate surface area is 131 Å². The molecule has 1 heterocycles. The summed E-state index contributed by atoms with van der Waals surface area (Å²) in [6.07, 6.45) is 0. The summed E-state index contributed by atoms with van der Waals surface area (Å²) < 4.78 is 1.34. The van der Waals surface area contributed by atoms with Gasteiger partial charge >= 0.3 is 0 Å². The normalized spacial score (nSPS) is 11.1. The summed E-state index contributed by atoms with van der Waals surface area (Å²) in [6, 6.07) is 7.95. The standard InChI is InChI=1S/C14H13Cl2N2OS/c1-8(2)9-7-12(17-18(3)14(9)19)20-13-10(15)5-4-6-11(13)16/h5-8H,1-3H3. The second-order valence-electron chi connectivity index (χ2n) is 4.60. The van der Waals surface area contributed by atoms with E-state index in [1.165, 1.54) is 16.4 Å². The summed E-state index contributed by atoms with van der Waals surface area (Å²) in [5.41, 5.74) is 0.641. The van der Waals surface area contributed by atoms with Crippen LogP contribution in [0, 0.1) is 6.07 Å². The molecule has 1 radical (unpaired) electrons. The lowest BCUT2D eigenvalue weighted by Gasteiger charge is -2.10. The van der Waals surface area contributed by atoms with Gasteiger partial charge in [-0.2, -0.15) is 5.10 Å². The highest BCUT2D eigenvalue weighted by atomic mass is 35.5. The zero-order chi connectivity index (χ0) is 14.9. The largest absolute Gasteiger partial charge is 0.270 e. The van der Waals surface area contributed by atoms with Gasteiger partial charge in [0.25, 0.3) is 5.56 Å². The van der Waals surface area contributed by atoms with Gasteiger partial charge in [-0.3, -0.25) is 4.79 Å². The van der Waals surface area contributed by atoms with Crippen molar-refractivity contribution in [3.63, 3.8) is 0 Å². The van der Waals surface area contributed by atoms with E-state index in [9.17, 15) is 4.79 Å². The summed E-state index contributed by atoms with van der Waals surface area (Å²) in [5, 5.41) is 5.95. The van der Waals surface area contributed by atoms with Crippen molar-refractivity contribution in [3.8, 4) is 0 Å². The van der Waals surface area contributed by atoms with Crippen LogP contribution in [-0.4, -0.2) is 9.78 Å². The number of nitrogens with zero attached hydrogens (tertiary/aromatic N) is 2. The zero-order valence-electron chi connectivity index (χ0n) is 11.3. The molecule has 0 amide bonds. The van der Waals surface area contributed by atoms with Crippen molar-refractivity contribution in [2.45, 2.75) is 29.7 Å². The molecule has 0 aliphatic heterocycles. The maximum atomic E-state index is 12.0. The molecule has 105 valence electrons. The van der Waals surface area contributed by atoms with Crippen LogP contribution >= 0.6 is 35.0 Å². The van der Waals surface area contributed by atoms with E-state index in [1.807, 2.05) is 13.8 Å². The van der Waals surface area contributed by atoms with Gasteiger partial charge in [0, 0.05) is 12.6 Å². The molecule has 0 aliphatic carbocycles. The predicted molar refractivity (Wildman–Crippen MR) is 83.0 cm³/mol. The Kier molecular flexibility index (Phi) is 4.78. The fourth-order valence-corrected chi connectivity index (χ4v) is 3.18. The van der Waals surface area contributed by atoms with Crippen LogP contribution in [0.25, 0.3) is 0 Å². The van der Waals surface area contributed by atoms with Crippen molar-refractivity contribution >= 4 is 35.0 Å². The van der Waals surface area contributed by atoms with Gasteiger partial charge in [-0.15, -0.1) is 0 Å². The topological polar surface area (TPSA) is 34.9 Å². The third kappa shape index (κ3) is 3.19. The minimum absolute atomic E-state index is 0.0806. The Morgan fingerprint density at radius 3 is 2.45 bits per heavy atom. The van der Waals surface area contributed by atoms with E-state index in [0.717, 1.165) is 5.56 Å². The van der Waals surface area contributed by atoms with E-state index < -0.39 is 0 Å². The van der Waals surface area contributed by atoms with Gasteiger partial charge in [0.05, 0.1) is 14.9 Å². The fraction of sp³-hybridized carbons (Fsp3) is 0.286. The Balaban J connectivity index is 2.47. The number of aromatic nitrogens is 2. The smallest absolute Gasteiger partial charge is 0.268 e. The summed E-state index contributed by atoms with van der Waals surface area (Å²) in [6.45, 7) is 3.95. The molecule has 0 spiro atoms. The molecular formula is C14H13Cl2N2OS. The molecule has 0 saturated carbocycles. The van der Waals surface area contributed by atoms with Crippen molar-refractivity contribution < 1.29 is 0 Å². The first-order valence-electron chi connectivity index (χ1n) is 6.01. The van der Waals surface area contributed by atoms with Gasteiger partial charge in [-0.05, 0) is 30.2 Å². The highest BCUT2D eigenvalue weighted by Gasteiger charge is 2.13. The van der Waals surface area contributed by atoms with E-state index >= 15 is 0 Å². The van der Waals surface area contributed by atoms with Crippen LogP contribution in [0.2, 0.25) is 10.0 Å². The molecule has 6 heteroatoms. The Bertz CT molecular complexity index is 678. The quantitative estimate of drug-likeness (QED) is 0.848. The highest BCUT2D eigenvalue weighted by molar-refractivity contribution is 7.99.